The molecule has 0 amide bonds. The Labute approximate surface area is 112 Å². The molecule has 0 bridgehead atoms. The molecule has 0 spiro atoms. The van der Waals surface area contributed by atoms with E-state index in [1.165, 1.54) is 6.42 Å². The van der Waals surface area contributed by atoms with Crippen molar-refractivity contribution in [1.29, 1.82) is 0 Å². The van der Waals surface area contributed by atoms with E-state index in [1.807, 2.05) is 20.8 Å². The molecule has 18 heavy (non-hydrogen) atoms. The van der Waals surface area contributed by atoms with Gasteiger partial charge in [-0.1, -0.05) is 40.0 Å². The van der Waals surface area contributed by atoms with Crippen LogP contribution in [0.25, 0.3) is 0 Å². The van der Waals surface area contributed by atoms with Gasteiger partial charge in [0.15, 0.2) is 0 Å². The molecule has 1 aliphatic carbocycles. The zero-order valence-corrected chi connectivity index (χ0v) is 12.8. The highest BCUT2D eigenvalue weighted by Gasteiger charge is 2.32. The van der Waals surface area contributed by atoms with Crippen LogP contribution in [0.3, 0.4) is 0 Å². The van der Waals surface area contributed by atoms with Crippen LogP contribution in [0.5, 0.6) is 0 Å². The van der Waals surface area contributed by atoms with E-state index in [-0.39, 0.29) is 16.6 Å². The maximum atomic E-state index is 12.0. The van der Waals surface area contributed by atoms with E-state index in [1.54, 1.807) is 0 Å². The highest BCUT2D eigenvalue weighted by atomic mass is 32.2. The Balaban J connectivity index is 2.57. The molecular weight excluding hydrogens is 248 g/mol. The molecule has 0 heterocycles. The molecule has 1 fully saturated rings. The lowest BCUT2D eigenvalue weighted by atomic mass is 9.74. The van der Waals surface area contributed by atoms with Crippen LogP contribution in [0.4, 0.5) is 0 Å². The van der Waals surface area contributed by atoms with Gasteiger partial charge in [-0.25, -0.2) is 13.1 Å². The Bertz CT molecular complexity index is 352. The Morgan fingerprint density at radius 1 is 1.17 bits per heavy atom. The van der Waals surface area contributed by atoms with Gasteiger partial charge in [0.05, 0.1) is 5.75 Å². The standard InChI is InChI=1S/C13H28N2O2S/c1-12(2,3)11-18(16,17)15-10-13(9-14)7-5-4-6-8-13/h15H,4-11,14H2,1-3H3. The monoisotopic (exact) mass is 276 g/mol. The van der Waals surface area contributed by atoms with Crippen molar-refractivity contribution in [2.24, 2.45) is 16.6 Å². The molecule has 0 aromatic carbocycles. The number of nitrogens with two attached hydrogens (primary N) is 1. The average Bonchev–Trinajstić information content (AvgIpc) is 2.25. The molecule has 4 nitrogen and oxygen atoms in total. The SMILES string of the molecule is CC(C)(C)CS(=O)(=O)NCC1(CN)CCCCC1. The summed E-state index contributed by atoms with van der Waals surface area (Å²) in [6.07, 6.45) is 5.66. The summed E-state index contributed by atoms with van der Waals surface area (Å²) < 4.78 is 26.8. The molecule has 1 saturated carbocycles. The molecule has 0 unspecified atom stereocenters. The second-order valence-electron chi connectivity index (χ2n) is 6.91. The van der Waals surface area contributed by atoms with Crippen molar-refractivity contribution in [3.05, 3.63) is 0 Å². The summed E-state index contributed by atoms with van der Waals surface area (Å²) in [7, 11) is -3.19. The fourth-order valence-electron chi connectivity index (χ4n) is 2.64. The zero-order chi connectivity index (χ0) is 13.9. The van der Waals surface area contributed by atoms with E-state index in [0.717, 1.165) is 25.7 Å². The predicted octanol–water partition coefficient (Wildman–Crippen LogP) is 1.86. The molecule has 0 radical (unpaired) electrons. The molecule has 0 aliphatic heterocycles. The van der Waals surface area contributed by atoms with Gasteiger partial charge in [0.2, 0.25) is 10.0 Å². The number of sulfonamides is 1. The van der Waals surface area contributed by atoms with E-state index < -0.39 is 10.0 Å². The van der Waals surface area contributed by atoms with Gasteiger partial charge in [0.1, 0.15) is 0 Å². The van der Waals surface area contributed by atoms with Crippen LogP contribution in [0.15, 0.2) is 0 Å². The van der Waals surface area contributed by atoms with Gasteiger partial charge in [0.25, 0.3) is 0 Å². The van der Waals surface area contributed by atoms with E-state index in [2.05, 4.69) is 4.72 Å². The van der Waals surface area contributed by atoms with Crippen LogP contribution in [0.2, 0.25) is 0 Å². The molecule has 0 aromatic rings. The smallest absolute Gasteiger partial charge is 0.212 e. The molecule has 3 N–H and O–H groups in total. The van der Waals surface area contributed by atoms with Crippen molar-refractivity contribution in [2.45, 2.75) is 52.9 Å². The quantitative estimate of drug-likeness (QED) is 0.805. The van der Waals surface area contributed by atoms with Gasteiger partial charge < -0.3 is 5.73 Å². The molecule has 0 aromatic heterocycles. The third-order valence-corrected chi connectivity index (χ3v) is 5.47. The molecule has 1 aliphatic rings. The maximum Gasteiger partial charge on any atom is 0.212 e. The lowest BCUT2D eigenvalue weighted by molar-refractivity contribution is 0.201. The Morgan fingerprint density at radius 3 is 2.17 bits per heavy atom. The number of hydrogen-bond acceptors (Lipinski definition) is 3. The zero-order valence-electron chi connectivity index (χ0n) is 12.0. The third kappa shape index (κ3) is 5.24. The molecule has 1 rings (SSSR count). The average molecular weight is 276 g/mol. The first-order chi connectivity index (χ1) is 8.18. The highest BCUT2D eigenvalue weighted by molar-refractivity contribution is 7.89. The van der Waals surface area contributed by atoms with E-state index in [9.17, 15) is 8.42 Å². The second-order valence-corrected chi connectivity index (χ2v) is 8.71. The van der Waals surface area contributed by atoms with Crippen molar-refractivity contribution in [3.8, 4) is 0 Å². The number of nitrogens with one attached hydrogen (secondary N) is 1. The van der Waals surface area contributed by atoms with Crippen molar-refractivity contribution < 1.29 is 8.42 Å². The normalized spacial score (nSPS) is 20.9. The fourth-order valence-corrected chi connectivity index (χ4v) is 4.41. The van der Waals surface area contributed by atoms with Crippen molar-refractivity contribution in [2.75, 3.05) is 18.8 Å². The van der Waals surface area contributed by atoms with E-state index in [4.69, 9.17) is 5.73 Å². The lowest BCUT2D eigenvalue weighted by Gasteiger charge is -2.36. The highest BCUT2D eigenvalue weighted by Crippen LogP contribution is 2.34. The van der Waals surface area contributed by atoms with Gasteiger partial charge in [-0.2, -0.15) is 0 Å². The van der Waals surface area contributed by atoms with Gasteiger partial charge in [-0.05, 0) is 30.2 Å². The van der Waals surface area contributed by atoms with E-state index >= 15 is 0 Å². The molecule has 0 saturated heterocycles. The summed E-state index contributed by atoms with van der Waals surface area (Å²) in [6.45, 7) is 6.88. The molecule has 5 heteroatoms. The second kappa shape index (κ2) is 5.88. The third-order valence-electron chi connectivity index (χ3n) is 3.64. The Morgan fingerprint density at radius 2 is 1.72 bits per heavy atom. The van der Waals surface area contributed by atoms with Crippen LogP contribution in [-0.2, 0) is 10.0 Å². The minimum absolute atomic E-state index is 0.0107. The molecule has 0 atom stereocenters. The molecule has 108 valence electrons. The summed E-state index contributed by atoms with van der Waals surface area (Å²) in [5.74, 6) is 0.167. The van der Waals surface area contributed by atoms with E-state index in [0.29, 0.717) is 13.1 Å². The Hall–Kier alpha value is -0.130. The summed E-state index contributed by atoms with van der Waals surface area (Å²) in [6, 6.07) is 0. The van der Waals surface area contributed by atoms with Crippen molar-refractivity contribution >= 4 is 10.0 Å². The van der Waals surface area contributed by atoms with Crippen LogP contribution >= 0.6 is 0 Å². The minimum Gasteiger partial charge on any atom is -0.330 e. The minimum atomic E-state index is -3.19. The van der Waals surface area contributed by atoms with Crippen LogP contribution in [0.1, 0.15) is 52.9 Å². The van der Waals surface area contributed by atoms with Gasteiger partial charge in [-0.15, -0.1) is 0 Å². The van der Waals surface area contributed by atoms with Crippen LogP contribution in [0, 0.1) is 10.8 Å². The largest absolute Gasteiger partial charge is 0.330 e. The summed E-state index contributed by atoms with van der Waals surface area (Å²) in [4.78, 5) is 0. The van der Waals surface area contributed by atoms with Crippen molar-refractivity contribution in [3.63, 3.8) is 0 Å². The lowest BCUT2D eigenvalue weighted by Crippen LogP contribution is -2.45. The maximum absolute atomic E-state index is 12.0. The Kier molecular flexibility index (Phi) is 5.21. The summed E-state index contributed by atoms with van der Waals surface area (Å²) >= 11 is 0. The molecular formula is C13H28N2O2S. The first kappa shape index (κ1) is 15.9. The number of rotatable bonds is 5. The fraction of sp³-hybridized carbons (Fsp3) is 1.00. The van der Waals surface area contributed by atoms with Crippen molar-refractivity contribution in [1.82, 2.24) is 4.72 Å². The van der Waals surface area contributed by atoms with Gasteiger partial charge in [0, 0.05) is 6.54 Å². The first-order valence-electron chi connectivity index (χ1n) is 6.86. The van der Waals surface area contributed by atoms with Crippen LogP contribution < -0.4 is 10.5 Å². The first-order valence-corrected chi connectivity index (χ1v) is 8.51. The summed E-state index contributed by atoms with van der Waals surface area (Å²) in [5.41, 5.74) is 5.64. The predicted molar refractivity (Wildman–Crippen MR) is 75.8 cm³/mol. The van der Waals surface area contributed by atoms with Gasteiger partial charge in [-0.3, -0.25) is 0 Å². The van der Waals surface area contributed by atoms with Crippen LogP contribution in [-0.4, -0.2) is 27.3 Å². The number of hydrogen-bond donors (Lipinski definition) is 2. The van der Waals surface area contributed by atoms with Gasteiger partial charge >= 0.3 is 0 Å². The summed E-state index contributed by atoms with van der Waals surface area (Å²) in [5, 5.41) is 0. The topological polar surface area (TPSA) is 72.2 Å².